The topological polar surface area (TPSA) is 26.3 Å². The summed E-state index contributed by atoms with van der Waals surface area (Å²) < 4.78 is 5.20. The van der Waals surface area contributed by atoms with Gasteiger partial charge in [0.15, 0.2) is 0 Å². The molecule has 0 aromatic rings. The van der Waals surface area contributed by atoms with Gasteiger partial charge in [0.05, 0.1) is 6.42 Å². The molecule has 1 aliphatic heterocycles. The second-order valence-electron chi connectivity index (χ2n) is 4.52. The Balaban J connectivity index is 2.65. The van der Waals surface area contributed by atoms with Gasteiger partial charge in [0.25, 0.3) is 0 Å². The van der Waals surface area contributed by atoms with Gasteiger partial charge in [-0.15, -0.1) is 0 Å². The zero-order chi connectivity index (χ0) is 10.1. The van der Waals surface area contributed by atoms with Gasteiger partial charge in [-0.2, -0.15) is 0 Å². The van der Waals surface area contributed by atoms with Crippen molar-refractivity contribution in [2.75, 3.05) is 0 Å². The van der Waals surface area contributed by atoms with Gasteiger partial charge in [0.1, 0.15) is 5.60 Å². The van der Waals surface area contributed by atoms with E-state index in [-0.39, 0.29) is 17.5 Å². The lowest BCUT2D eigenvalue weighted by Crippen LogP contribution is -2.26. The van der Waals surface area contributed by atoms with Crippen molar-refractivity contribution in [2.45, 2.75) is 39.7 Å². The SMILES string of the molecule is CC(C)/C=C\C1CC(=O)OC1(C)C. The van der Waals surface area contributed by atoms with Crippen LogP contribution in [0.3, 0.4) is 0 Å². The number of carbonyl (C=O) groups excluding carboxylic acids is 1. The minimum Gasteiger partial charge on any atom is -0.459 e. The third kappa shape index (κ3) is 2.58. The average Bonchev–Trinajstić information content (AvgIpc) is 2.19. The number of allylic oxidation sites excluding steroid dienone is 1. The first kappa shape index (κ1) is 10.3. The number of hydrogen-bond donors (Lipinski definition) is 0. The summed E-state index contributed by atoms with van der Waals surface area (Å²) >= 11 is 0. The van der Waals surface area contributed by atoms with E-state index in [1.807, 2.05) is 13.8 Å². The Labute approximate surface area is 80.0 Å². The number of rotatable bonds is 2. The predicted molar refractivity (Wildman–Crippen MR) is 52.3 cm³/mol. The lowest BCUT2D eigenvalue weighted by molar-refractivity contribution is -0.146. The quantitative estimate of drug-likeness (QED) is 0.484. The summed E-state index contributed by atoms with van der Waals surface area (Å²) in [6.07, 6.45) is 4.76. The van der Waals surface area contributed by atoms with Gasteiger partial charge in [0.2, 0.25) is 0 Å². The number of esters is 1. The van der Waals surface area contributed by atoms with Crippen LogP contribution in [0.25, 0.3) is 0 Å². The largest absolute Gasteiger partial charge is 0.459 e. The lowest BCUT2D eigenvalue weighted by Gasteiger charge is -2.22. The first-order valence-corrected chi connectivity index (χ1v) is 4.82. The molecule has 0 radical (unpaired) electrons. The number of hydrogen-bond acceptors (Lipinski definition) is 2. The van der Waals surface area contributed by atoms with Crippen LogP contribution in [0.15, 0.2) is 12.2 Å². The standard InChI is InChI=1S/C11H18O2/c1-8(2)5-6-9-7-10(12)13-11(9,3)4/h5-6,8-9H,7H2,1-4H3/b6-5-. The fourth-order valence-electron chi connectivity index (χ4n) is 1.49. The smallest absolute Gasteiger partial charge is 0.307 e. The van der Waals surface area contributed by atoms with E-state index in [4.69, 9.17) is 4.74 Å². The minimum absolute atomic E-state index is 0.0802. The molecule has 1 atom stereocenters. The van der Waals surface area contributed by atoms with E-state index in [0.29, 0.717) is 12.3 Å². The van der Waals surface area contributed by atoms with Crippen LogP contribution in [0.1, 0.15) is 34.1 Å². The van der Waals surface area contributed by atoms with E-state index >= 15 is 0 Å². The van der Waals surface area contributed by atoms with Crippen LogP contribution in [0.5, 0.6) is 0 Å². The van der Waals surface area contributed by atoms with E-state index in [9.17, 15) is 4.79 Å². The van der Waals surface area contributed by atoms with Gasteiger partial charge < -0.3 is 4.74 Å². The molecule has 0 spiro atoms. The van der Waals surface area contributed by atoms with Gasteiger partial charge in [-0.3, -0.25) is 4.79 Å². The molecule has 0 aromatic heterocycles. The third-order valence-electron chi connectivity index (χ3n) is 2.38. The zero-order valence-corrected chi connectivity index (χ0v) is 8.83. The molecular weight excluding hydrogens is 164 g/mol. The molecule has 1 unspecified atom stereocenters. The fraction of sp³-hybridized carbons (Fsp3) is 0.727. The first-order chi connectivity index (χ1) is 5.92. The molecule has 1 rings (SSSR count). The molecule has 0 bridgehead atoms. The maximum absolute atomic E-state index is 11.1. The van der Waals surface area contributed by atoms with E-state index in [0.717, 1.165) is 0 Å². The molecule has 0 aliphatic carbocycles. The van der Waals surface area contributed by atoms with Gasteiger partial charge in [-0.05, 0) is 19.8 Å². The molecule has 74 valence electrons. The Bertz CT molecular complexity index is 226. The molecule has 0 aromatic carbocycles. The van der Waals surface area contributed by atoms with Crippen LogP contribution in [-0.4, -0.2) is 11.6 Å². The van der Waals surface area contributed by atoms with Crippen molar-refractivity contribution in [1.82, 2.24) is 0 Å². The number of cyclic esters (lactones) is 1. The van der Waals surface area contributed by atoms with E-state index in [1.165, 1.54) is 0 Å². The molecule has 2 nitrogen and oxygen atoms in total. The van der Waals surface area contributed by atoms with Crippen LogP contribution in [0.4, 0.5) is 0 Å². The Morgan fingerprint density at radius 3 is 2.54 bits per heavy atom. The molecule has 0 N–H and O–H groups in total. The molecule has 13 heavy (non-hydrogen) atoms. The maximum Gasteiger partial charge on any atom is 0.307 e. The maximum atomic E-state index is 11.1. The normalized spacial score (nSPS) is 27.2. The van der Waals surface area contributed by atoms with E-state index in [1.54, 1.807) is 0 Å². The van der Waals surface area contributed by atoms with Crippen molar-refractivity contribution in [3.8, 4) is 0 Å². The van der Waals surface area contributed by atoms with Gasteiger partial charge in [0, 0.05) is 5.92 Å². The molecule has 1 heterocycles. The van der Waals surface area contributed by atoms with Crippen molar-refractivity contribution < 1.29 is 9.53 Å². The van der Waals surface area contributed by atoms with Gasteiger partial charge in [-0.1, -0.05) is 26.0 Å². The summed E-state index contributed by atoms with van der Waals surface area (Å²) in [6, 6.07) is 0. The molecule has 1 fully saturated rings. The summed E-state index contributed by atoms with van der Waals surface area (Å²) in [5.74, 6) is 0.692. The molecular formula is C11H18O2. The Kier molecular flexibility index (Phi) is 2.79. The van der Waals surface area contributed by atoms with Crippen molar-refractivity contribution in [1.29, 1.82) is 0 Å². The molecule has 2 heteroatoms. The van der Waals surface area contributed by atoms with Crippen LogP contribution in [0.2, 0.25) is 0 Å². The highest BCUT2D eigenvalue weighted by Gasteiger charge is 2.39. The van der Waals surface area contributed by atoms with Crippen LogP contribution >= 0.6 is 0 Å². The lowest BCUT2D eigenvalue weighted by atomic mass is 9.90. The molecule has 1 saturated heterocycles. The fourth-order valence-corrected chi connectivity index (χ4v) is 1.49. The van der Waals surface area contributed by atoms with Crippen LogP contribution in [-0.2, 0) is 9.53 Å². The highest BCUT2D eigenvalue weighted by atomic mass is 16.6. The third-order valence-corrected chi connectivity index (χ3v) is 2.38. The number of ether oxygens (including phenoxy) is 1. The highest BCUT2D eigenvalue weighted by molar-refractivity contribution is 5.73. The first-order valence-electron chi connectivity index (χ1n) is 4.82. The summed E-state index contributed by atoms with van der Waals surface area (Å²) in [5.41, 5.74) is -0.317. The van der Waals surface area contributed by atoms with Crippen molar-refractivity contribution in [3.05, 3.63) is 12.2 Å². The monoisotopic (exact) mass is 182 g/mol. The van der Waals surface area contributed by atoms with Crippen molar-refractivity contribution in [2.24, 2.45) is 11.8 Å². The van der Waals surface area contributed by atoms with Crippen LogP contribution in [0, 0.1) is 11.8 Å². The van der Waals surface area contributed by atoms with E-state index in [2.05, 4.69) is 26.0 Å². The second-order valence-corrected chi connectivity index (χ2v) is 4.52. The predicted octanol–water partition coefficient (Wildman–Crippen LogP) is 2.54. The summed E-state index contributed by atoms with van der Waals surface area (Å²) in [4.78, 5) is 11.1. The average molecular weight is 182 g/mol. The Morgan fingerprint density at radius 1 is 1.54 bits per heavy atom. The van der Waals surface area contributed by atoms with Gasteiger partial charge >= 0.3 is 5.97 Å². The molecule has 1 aliphatic rings. The summed E-state index contributed by atoms with van der Waals surface area (Å²) in [7, 11) is 0. The second kappa shape index (κ2) is 3.52. The summed E-state index contributed by atoms with van der Waals surface area (Å²) in [5, 5.41) is 0. The molecule has 0 saturated carbocycles. The Hall–Kier alpha value is -0.790. The highest BCUT2D eigenvalue weighted by Crippen LogP contribution is 2.33. The van der Waals surface area contributed by atoms with Gasteiger partial charge in [-0.25, -0.2) is 0 Å². The molecule has 0 amide bonds. The van der Waals surface area contributed by atoms with Crippen molar-refractivity contribution in [3.63, 3.8) is 0 Å². The number of carbonyl (C=O) groups is 1. The minimum atomic E-state index is -0.317. The van der Waals surface area contributed by atoms with Crippen molar-refractivity contribution >= 4 is 5.97 Å². The van der Waals surface area contributed by atoms with E-state index < -0.39 is 0 Å². The zero-order valence-electron chi connectivity index (χ0n) is 8.83. The summed E-state index contributed by atoms with van der Waals surface area (Å²) in [6.45, 7) is 8.18. The van der Waals surface area contributed by atoms with Crippen LogP contribution < -0.4 is 0 Å². The Morgan fingerprint density at radius 2 is 2.15 bits per heavy atom.